The summed E-state index contributed by atoms with van der Waals surface area (Å²) in [4.78, 5) is 23.2. The summed E-state index contributed by atoms with van der Waals surface area (Å²) in [6.07, 6.45) is -1.89. The molecule has 1 fully saturated rings. The van der Waals surface area contributed by atoms with Crippen LogP contribution in [0, 0.1) is 5.92 Å². The minimum absolute atomic E-state index is 0.105. The third-order valence-corrected chi connectivity index (χ3v) is 6.79. The zero-order chi connectivity index (χ0) is 23.8. The lowest BCUT2D eigenvalue weighted by Gasteiger charge is -2.26. The highest BCUT2D eigenvalue weighted by molar-refractivity contribution is 9.09. The van der Waals surface area contributed by atoms with Crippen molar-refractivity contribution in [1.29, 1.82) is 0 Å². The Labute approximate surface area is 185 Å². The van der Waals surface area contributed by atoms with Crippen molar-refractivity contribution in [3.63, 3.8) is 0 Å². The number of aliphatic hydroxyl groups excluding tert-OH is 1. The molecular weight excluding hydrogens is 509 g/mol. The van der Waals surface area contributed by atoms with Gasteiger partial charge in [-0.15, -0.1) is 0 Å². The van der Waals surface area contributed by atoms with Gasteiger partial charge in [-0.05, 0) is 45.4 Å². The lowest BCUT2D eigenvalue weighted by Crippen LogP contribution is -2.49. The molecule has 0 spiro atoms. The number of benzene rings is 1. The maximum Gasteiger partial charge on any atom is 0.501 e. The maximum absolute atomic E-state index is 12.8. The maximum atomic E-state index is 12.8. The van der Waals surface area contributed by atoms with Gasteiger partial charge in [-0.25, -0.2) is 13.2 Å². The summed E-state index contributed by atoms with van der Waals surface area (Å²) < 4.78 is 66.6. The highest BCUT2D eigenvalue weighted by Crippen LogP contribution is 2.34. The molecule has 0 bridgehead atoms. The fourth-order valence-corrected chi connectivity index (χ4v) is 4.54. The first-order chi connectivity index (χ1) is 14.0. The summed E-state index contributed by atoms with van der Waals surface area (Å²) >= 11 is 3.22. The second kappa shape index (κ2) is 8.94. The third kappa shape index (κ3) is 6.10. The molecule has 3 N–H and O–H groups in total. The number of ether oxygens (including phenoxy) is 1. The Hall–Kier alpha value is -1.86. The smallest absolute Gasteiger partial charge is 0.444 e. The van der Waals surface area contributed by atoms with Gasteiger partial charge in [-0.2, -0.15) is 13.2 Å². The molecule has 1 aromatic rings. The van der Waals surface area contributed by atoms with Crippen LogP contribution in [-0.2, 0) is 19.4 Å². The molecule has 2 rings (SSSR count). The Morgan fingerprint density at radius 1 is 1.23 bits per heavy atom. The van der Waals surface area contributed by atoms with Gasteiger partial charge in [-0.1, -0.05) is 22.0 Å². The number of hydrogen-bond donors (Lipinski definition) is 3. The van der Waals surface area contributed by atoms with E-state index in [9.17, 15) is 36.3 Å². The van der Waals surface area contributed by atoms with Crippen molar-refractivity contribution in [1.82, 2.24) is 5.32 Å². The molecule has 8 nitrogen and oxygen atoms in total. The summed E-state index contributed by atoms with van der Waals surface area (Å²) in [5, 5.41) is 15.1. The quantitative estimate of drug-likeness (QED) is 0.514. The molecular formula is C18H22BrF3N2O6S. The lowest BCUT2D eigenvalue weighted by molar-refractivity contribution is -0.120. The predicted octanol–water partition coefficient (Wildman–Crippen LogP) is 2.96. The molecule has 0 aliphatic heterocycles. The van der Waals surface area contributed by atoms with Crippen LogP contribution in [0.5, 0.6) is 0 Å². The van der Waals surface area contributed by atoms with E-state index in [4.69, 9.17) is 4.74 Å². The first-order valence-electron chi connectivity index (χ1n) is 9.07. The number of alkyl carbamates (subject to hydrolysis) is 1. The number of hydrogen-bond acceptors (Lipinski definition) is 6. The Morgan fingerprint density at radius 2 is 1.84 bits per heavy atom. The van der Waals surface area contributed by atoms with Crippen molar-refractivity contribution in [2.24, 2.45) is 5.92 Å². The topological polar surface area (TPSA) is 122 Å². The average Bonchev–Trinajstić information content (AvgIpc) is 2.88. The van der Waals surface area contributed by atoms with Crippen LogP contribution < -0.4 is 10.6 Å². The largest absolute Gasteiger partial charge is 0.501 e. The van der Waals surface area contributed by atoms with E-state index in [1.54, 1.807) is 20.8 Å². The molecule has 174 valence electrons. The average molecular weight is 531 g/mol. The van der Waals surface area contributed by atoms with E-state index in [1.165, 1.54) is 6.07 Å². The Kier molecular flexibility index (Phi) is 7.33. The van der Waals surface area contributed by atoms with Gasteiger partial charge in [-0.3, -0.25) is 4.79 Å². The van der Waals surface area contributed by atoms with Crippen LogP contribution in [0.4, 0.5) is 23.7 Å². The molecule has 0 heterocycles. The minimum Gasteiger partial charge on any atom is -0.444 e. The number of halogens is 4. The van der Waals surface area contributed by atoms with Crippen molar-refractivity contribution >= 4 is 43.5 Å². The first kappa shape index (κ1) is 25.4. The van der Waals surface area contributed by atoms with Gasteiger partial charge in [0.25, 0.3) is 9.84 Å². The minimum atomic E-state index is -5.59. The van der Waals surface area contributed by atoms with E-state index in [1.807, 2.05) is 0 Å². The van der Waals surface area contributed by atoms with Crippen LogP contribution in [0.3, 0.4) is 0 Å². The van der Waals surface area contributed by atoms with Gasteiger partial charge in [0.05, 0.1) is 23.0 Å². The molecule has 2 amide bonds. The molecule has 1 aliphatic rings. The van der Waals surface area contributed by atoms with Crippen LogP contribution in [0.1, 0.15) is 27.2 Å². The molecule has 0 saturated heterocycles. The van der Waals surface area contributed by atoms with Gasteiger partial charge < -0.3 is 20.5 Å². The third-order valence-electron chi connectivity index (χ3n) is 4.39. The van der Waals surface area contributed by atoms with Crippen molar-refractivity contribution in [2.45, 2.75) is 60.2 Å². The van der Waals surface area contributed by atoms with E-state index < -0.39 is 60.7 Å². The summed E-state index contributed by atoms with van der Waals surface area (Å²) in [6, 6.07) is 2.69. The molecule has 0 unspecified atom stereocenters. The summed E-state index contributed by atoms with van der Waals surface area (Å²) in [7, 11) is -5.59. The first-order valence-corrected chi connectivity index (χ1v) is 11.5. The summed E-state index contributed by atoms with van der Waals surface area (Å²) in [6.45, 7) is 4.91. The second-order valence-electron chi connectivity index (χ2n) is 7.99. The van der Waals surface area contributed by atoms with Gasteiger partial charge in [0, 0.05) is 10.5 Å². The van der Waals surface area contributed by atoms with Gasteiger partial charge >= 0.3 is 11.6 Å². The fraction of sp³-hybridized carbons (Fsp3) is 0.556. The highest BCUT2D eigenvalue weighted by atomic mass is 79.9. The van der Waals surface area contributed by atoms with E-state index in [0.29, 0.717) is 6.07 Å². The molecule has 4 atom stereocenters. The van der Waals surface area contributed by atoms with Crippen LogP contribution in [-0.4, -0.2) is 53.6 Å². The molecule has 1 aliphatic carbocycles. The molecule has 1 aromatic carbocycles. The number of carbonyl (C=O) groups excluding carboxylic acids is 2. The number of amides is 2. The second-order valence-corrected chi connectivity index (χ2v) is 11.1. The van der Waals surface area contributed by atoms with Crippen molar-refractivity contribution in [2.75, 3.05) is 5.32 Å². The molecule has 0 radical (unpaired) electrons. The van der Waals surface area contributed by atoms with E-state index >= 15 is 0 Å². The van der Waals surface area contributed by atoms with E-state index in [-0.39, 0.29) is 12.1 Å². The van der Waals surface area contributed by atoms with E-state index in [2.05, 4.69) is 26.6 Å². The number of alkyl halides is 4. The number of rotatable bonds is 4. The SMILES string of the molecule is CC(C)(C)OC(=O)N[C@H]1[C@H](O)[C@@H](Br)C[C@H]1C(=O)Nc1cccc(S(=O)(=O)C(F)(F)F)c1. The standard InChI is InChI=1S/C18H22BrF3N2O6S/c1-17(2,3)30-16(27)24-13-11(8-12(19)14(13)25)15(26)23-9-5-4-6-10(7-9)31(28,29)18(20,21)22/h4-7,11-14,25H,8H2,1-3H3,(H,23,26)(H,24,27)/t11-,12+,13-,14-/m1/s1. The van der Waals surface area contributed by atoms with Crippen LogP contribution in [0.2, 0.25) is 0 Å². The number of carbonyl (C=O) groups is 2. The summed E-state index contributed by atoms with van der Waals surface area (Å²) in [5.41, 5.74) is -6.49. The lowest BCUT2D eigenvalue weighted by atomic mass is 10.0. The highest BCUT2D eigenvalue weighted by Gasteiger charge is 2.48. The normalized spacial score (nSPS) is 24.5. The van der Waals surface area contributed by atoms with Crippen LogP contribution >= 0.6 is 15.9 Å². The Morgan fingerprint density at radius 3 is 2.39 bits per heavy atom. The predicted molar refractivity (Wildman–Crippen MR) is 108 cm³/mol. The fourth-order valence-electron chi connectivity index (χ4n) is 3.00. The van der Waals surface area contributed by atoms with Gasteiger partial charge in [0.1, 0.15) is 5.60 Å². The van der Waals surface area contributed by atoms with Crippen molar-refractivity contribution in [3.05, 3.63) is 24.3 Å². The Balaban J connectivity index is 2.20. The van der Waals surface area contributed by atoms with E-state index in [0.717, 1.165) is 12.1 Å². The monoisotopic (exact) mass is 530 g/mol. The molecule has 13 heteroatoms. The molecule has 1 saturated carbocycles. The number of anilines is 1. The number of nitrogens with one attached hydrogen (secondary N) is 2. The zero-order valence-electron chi connectivity index (χ0n) is 16.7. The van der Waals surface area contributed by atoms with Crippen molar-refractivity contribution < 1.29 is 41.0 Å². The van der Waals surface area contributed by atoms with Crippen LogP contribution in [0.15, 0.2) is 29.2 Å². The molecule has 0 aromatic heterocycles. The summed E-state index contributed by atoms with van der Waals surface area (Å²) in [5.74, 6) is -1.68. The molecule has 31 heavy (non-hydrogen) atoms. The van der Waals surface area contributed by atoms with Crippen molar-refractivity contribution in [3.8, 4) is 0 Å². The zero-order valence-corrected chi connectivity index (χ0v) is 19.1. The van der Waals surface area contributed by atoms with Gasteiger partial charge in [0.2, 0.25) is 5.91 Å². The van der Waals surface area contributed by atoms with Crippen LogP contribution in [0.25, 0.3) is 0 Å². The number of sulfone groups is 1. The Bertz CT molecular complexity index is 948. The van der Waals surface area contributed by atoms with Gasteiger partial charge in [0.15, 0.2) is 0 Å². The number of aliphatic hydroxyl groups is 1.